The maximum absolute atomic E-state index is 12.8. The van der Waals surface area contributed by atoms with E-state index < -0.39 is 17.8 Å². The fourth-order valence-electron chi connectivity index (χ4n) is 3.25. The average molecular weight is 775 g/mol. The number of hydrazone groups is 1. The normalized spacial score (nSPS) is 10.6. The molecule has 0 saturated heterocycles. The number of halogens is 3. The van der Waals surface area contributed by atoms with Crippen molar-refractivity contribution in [1.29, 1.82) is 0 Å². The van der Waals surface area contributed by atoms with E-state index >= 15 is 0 Å². The van der Waals surface area contributed by atoms with Gasteiger partial charge in [-0.3, -0.25) is 9.59 Å². The molecule has 0 fully saturated rings. The first-order valence-electron chi connectivity index (χ1n) is 11.0. The molecule has 3 aromatic carbocycles. The van der Waals surface area contributed by atoms with Gasteiger partial charge in [0, 0.05) is 19.2 Å². The number of carbonyl (C=O) groups excluding carboxylic acids is 3. The van der Waals surface area contributed by atoms with Gasteiger partial charge in [0.2, 0.25) is 5.75 Å². The Bertz CT molecular complexity index is 1410. The van der Waals surface area contributed by atoms with Crippen LogP contribution in [0.2, 0.25) is 0 Å². The average Bonchev–Trinajstić information content (AvgIpc) is 2.92. The molecule has 39 heavy (non-hydrogen) atoms. The van der Waals surface area contributed by atoms with E-state index in [4.69, 9.17) is 18.9 Å². The second-order valence-electron chi connectivity index (χ2n) is 7.57. The second kappa shape index (κ2) is 14.3. The number of amides is 2. The van der Waals surface area contributed by atoms with Crippen molar-refractivity contribution >= 4 is 78.4 Å². The van der Waals surface area contributed by atoms with Gasteiger partial charge in [0.15, 0.2) is 17.2 Å². The van der Waals surface area contributed by atoms with Gasteiger partial charge in [-0.25, -0.2) is 10.2 Å². The maximum Gasteiger partial charge on any atom is 0.344 e. The first-order chi connectivity index (χ1) is 18.7. The molecule has 204 valence electrons. The van der Waals surface area contributed by atoms with Crippen molar-refractivity contribution in [3.8, 4) is 23.0 Å². The van der Waals surface area contributed by atoms with E-state index in [9.17, 15) is 14.4 Å². The number of nitrogens with zero attached hydrogens (tertiary/aromatic N) is 1. The van der Waals surface area contributed by atoms with Crippen LogP contribution in [0.4, 0.5) is 0 Å². The van der Waals surface area contributed by atoms with Gasteiger partial charge in [0.25, 0.3) is 11.8 Å². The minimum atomic E-state index is -0.585. The molecule has 2 N–H and O–H groups in total. The van der Waals surface area contributed by atoms with Gasteiger partial charge in [0.1, 0.15) is 0 Å². The molecule has 0 atom stereocenters. The quantitative estimate of drug-likeness (QED) is 0.0984. The van der Waals surface area contributed by atoms with Crippen molar-refractivity contribution in [1.82, 2.24) is 10.7 Å². The van der Waals surface area contributed by atoms with E-state index in [-0.39, 0.29) is 17.9 Å². The molecule has 10 nitrogen and oxygen atoms in total. The number of ether oxygens (including phenoxy) is 4. The Labute approximate surface area is 254 Å². The van der Waals surface area contributed by atoms with Gasteiger partial charge in [-0.15, -0.1) is 0 Å². The lowest BCUT2D eigenvalue weighted by Crippen LogP contribution is -2.35. The molecular weight excluding hydrogens is 753 g/mol. The van der Waals surface area contributed by atoms with Crippen molar-refractivity contribution in [3.63, 3.8) is 0 Å². The summed E-state index contributed by atoms with van der Waals surface area (Å²) in [5, 5.41) is 6.45. The lowest BCUT2D eigenvalue weighted by molar-refractivity contribution is -0.120. The zero-order chi connectivity index (χ0) is 28.5. The molecule has 0 aromatic heterocycles. The first kappa shape index (κ1) is 30.4. The fourth-order valence-corrected chi connectivity index (χ4v) is 5.19. The van der Waals surface area contributed by atoms with Crippen molar-refractivity contribution < 1.29 is 33.3 Å². The van der Waals surface area contributed by atoms with E-state index in [0.29, 0.717) is 37.3 Å². The summed E-state index contributed by atoms with van der Waals surface area (Å²) in [6.45, 7) is -0.358. The molecule has 0 heterocycles. The van der Waals surface area contributed by atoms with Crippen LogP contribution in [0.25, 0.3) is 0 Å². The van der Waals surface area contributed by atoms with Crippen LogP contribution < -0.4 is 29.7 Å². The molecular formula is C26H22Br2IN3O7. The van der Waals surface area contributed by atoms with Crippen molar-refractivity contribution in [2.45, 2.75) is 0 Å². The fraction of sp³-hybridized carbons (Fsp3) is 0.154. The van der Waals surface area contributed by atoms with Gasteiger partial charge >= 0.3 is 5.97 Å². The van der Waals surface area contributed by atoms with Gasteiger partial charge in [-0.1, -0.05) is 28.1 Å². The Kier molecular flexibility index (Phi) is 11.1. The number of methoxy groups -OCH3 is 3. The minimum absolute atomic E-state index is 0.208. The third-order valence-electron chi connectivity index (χ3n) is 5.05. The van der Waals surface area contributed by atoms with Crippen LogP contribution in [0.15, 0.2) is 62.6 Å². The van der Waals surface area contributed by atoms with Crippen molar-refractivity contribution in [3.05, 3.63) is 77.7 Å². The topological polar surface area (TPSA) is 125 Å². The molecule has 13 heteroatoms. The molecule has 0 aliphatic carbocycles. The smallest absolute Gasteiger partial charge is 0.344 e. The SMILES string of the molecule is COc1cc(C(=O)NCC(=O)N/N=C/c2cc(Br)cc(Br)c2OC(=O)c2ccccc2I)cc(OC)c1OC. The third kappa shape index (κ3) is 7.92. The predicted octanol–water partition coefficient (Wildman–Crippen LogP) is 4.94. The Balaban J connectivity index is 1.67. The predicted molar refractivity (Wildman–Crippen MR) is 160 cm³/mol. The largest absolute Gasteiger partial charge is 0.493 e. The highest BCUT2D eigenvalue weighted by Gasteiger charge is 2.19. The number of rotatable bonds is 10. The van der Waals surface area contributed by atoms with Crippen LogP contribution in [0, 0.1) is 3.57 Å². The molecule has 0 unspecified atom stereocenters. The molecule has 0 spiro atoms. The minimum Gasteiger partial charge on any atom is -0.493 e. The molecule has 3 aromatic rings. The van der Waals surface area contributed by atoms with Crippen molar-refractivity contribution in [2.75, 3.05) is 27.9 Å². The zero-order valence-electron chi connectivity index (χ0n) is 20.8. The number of carbonyl (C=O) groups is 3. The van der Waals surface area contributed by atoms with Crippen LogP contribution in [0.1, 0.15) is 26.3 Å². The Morgan fingerprint density at radius 3 is 2.23 bits per heavy atom. The Morgan fingerprint density at radius 1 is 0.949 bits per heavy atom. The highest BCUT2D eigenvalue weighted by Crippen LogP contribution is 2.38. The van der Waals surface area contributed by atoms with Gasteiger partial charge in [0.05, 0.1) is 44.1 Å². The lowest BCUT2D eigenvalue weighted by Gasteiger charge is -2.14. The van der Waals surface area contributed by atoms with Crippen LogP contribution in [-0.4, -0.2) is 51.9 Å². The number of benzene rings is 3. The van der Waals surface area contributed by atoms with Gasteiger partial charge in [-0.2, -0.15) is 5.10 Å². The number of nitrogens with one attached hydrogen (secondary N) is 2. The first-order valence-corrected chi connectivity index (χ1v) is 13.7. The van der Waals surface area contributed by atoms with Crippen LogP contribution in [0.5, 0.6) is 23.0 Å². The molecule has 0 aliphatic rings. The summed E-state index contributed by atoms with van der Waals surface area (Å²) in [7, 11) is 4.32. The van der Waals surface area contributed by atoms with E-state index in [1.54, 1.807) is 30.3 Å². The van der Waals surface area contributed by atoms with Crippen LogP contribution in [0.3, 0.4) is 0 Å². The van der Waals surface area contributed by atoms with Crippen LogP contribution in [-0.2, 0) is 4.79 Å². The number of esters is 1. The highest BCUT2D eigenvalue weighted by molar-refractivity contribution is 14.1. The van der Waals surface area contributed by atoms with Gasteiger partial charge in [-0.05, 0) is 74.9 Å². The molecule has 0 bridgehead atoms. The molecule has 0 aliphatic heterocycles. The maximum atomic E-state index is 12.8. The zero-order valence-corrected chi connectivity index (χ0v) is 26.2. The Hall–Kier alpha value is -3.17. The summed E-state index contributed by atoms with van der Waals surface area (Å²) in [4.78, 5) is 37.7. The van der Waals surface area contributed by atoms with Crippen LogP contribution >= 0.6 is 54.5 Å². The molecule has 2 amide bonds. The van der Waals surface area contributed by atoms with Gasteiger partial charge < -0.3 is 24.3 Å². The standard InChI is InChI=1S/C26H22Br2IN3O7/c1-36-20-9-14(10-21(37-2)24(20)38-3)25(34)30-13-22(33)32-31-12-15-8-16(27)11-18(28)23(15)39-26(35)17-6-4-5-7-19(17)29/h4-12H,13H2,1-3H3,(H,30,34)(H,32,33)/b31-12+. The summed E-state index contributed by atoms with van der Waals surface area (Å²) >= 11 is 8.84. The summed E-state index contributed by atoms with van der Waals surface area (Å²) < 4.78 is 23.3. The summed E-state index contributed by atoms with van der Waals surface area (Å²) in [5.74, 6) is -0.504. The summed E-state index contributed by atoms with van der Waals surface area (Å²) in [6.07, 6.45) is 1.33. The summed E-state index contributed by atoms with van der Waals surface area (Å²) in [6, 6.07) is 13.4. The van der Waals surface area contributed by atoms with E-state index in [1.165, 1.54) is 39.7 Å². The van der Waals surface area contributed by atoms with E-state index in [0.717, 1.165) is 3.57 Å². The monoisotopic (exact) mass is 773 g/mol. The number of hydrogen-bond donors (Lipinski definition) is 2. The molecule has 0 saturated carbocycles. The van der Waals surface area contributed by atoms with Crippen molar-refractivity contribution in [2.24, 2.45) is 5.10 Å². The lowest BCUT2D eigenvalue weighted by atomic mass is 10.1. The number of hydrogen-bond acceptors (Lipinski definition) is 8. The molecule has 3 rings (SSSR count). The highest BCUT2D eigenvalue weighted by atomic mass is 127. The Morgan fingerprint density at radius 2 is 1.62 bits per heavy atom. The van der Waals surface area contributed by atoms with E-state index in [1.807, 2.05) is 6.07 Å². The second-order valence-corrected chi connectivity index (χ2v) is 10.5. The van der Waals surface area contributed by atoms with E-state index in [2.05, 4.69) is 70.3 Å². The summed E-state index contributed by atoms with van der Waals surface area (Å²) in [5.41, 5.74) is 3.37. The molecule has 0 radical (unpaired) electrons. The third-order valence-corrected chi connectivity index (χ3v) is 7.04.